The maximum atomic E-state index is 12.8. The predicted molar refractivity (Wildman–Crippen MR) is 96.7 cm³/mol. The second kappa shape index (κ2) is 7.05. The lowest BCUT2D eigenvalue weighted by Crippen LogP contribution is -2.30. The third-order valence-corrected chi connectivity index (χ3v) is 6.55. The first kappa shape index (κ1) is 18.6. The van der Waals surface area contributed by atoms with Gasteiger partial charge >= 0.3 is 0 Å². The number of hydrogen-bond donors (Lipinski definition) is 2. The number of sulfonamides is 1. The Kier molecular flexibility index (Phi) is 5.48. The Hall–Kier alpha value is -1.69. The molecule has 0 aliphatic heterocycles. The van der Waals surface area contributed by atoms with Gasteiger partial charge in [0.25, 0.3) is 0 Å². The summed E-state index contributed by atoms with van der Waals surface area (Å²) in [4.78, 5) is 0.323. The average Bonchev–Trinajstić information content (AvgIpc) is 2.57. The SMILES string of the molecule is Cc1c(C)c(C)c(S(=O)(=O)NCC(O)c2ccccc2)c(C)c1C. The third kappa shape index (κ3) is 3.53. The van der Waals surface area contributed by atoms with Crippen LogP contribution in [0.25, 0.3) is 0 Å². The number of aliphatic hydroxyl groups is 1. The van der Waals surface area contributed by atoms with E-state index < -0.39 is 16.1 Å². The molecule has 2 rings (SSSR count). The Bertz CT molecular complexity index is 814. The molecule has 0 saturated heterocycles. The number of benzene rings is 2. The smallest absolute Gasteiger partial charge is 0.241 e. The highest BCUT2D eigenvalue weighted by Crippen LogP contribution is 2.29. The molecule has 0 amide bonds. The molecule has 0 aliphatic carbocycles. The number of rotatable bonds is 5. The van der Waals surface area contributed by atoms with E-state index in [1.807, 2.05) is 52.8 Å². The quantitative estimate of drug-likeness (QED) is 0.872. The van der Waals surface area contributed by atoms with Crippen molar-refractivity contribution in [2.24, 2.45) is 0 Å². The second-order valence-corrected chi connectivity index (χ2v) is 7.94. The molecule has 2 aromatic rings. The van der Waals surface area contributed by atoms with Crippen LogP contribution in [0.1, 0.15) is 39.5 Å². The van der Waals surface area contributed by atoms with Gasteiger partial charge in [0, 0.05) is 6.54 Å². The first-order valence-corrected chi connectivity index (χ1v) is 9.44. The van der Waals surface area contributed by atoms with Gasteiger partial charge in [-0.05, 0) is 68.0 Å². The minimum Gasteiger partial charge on any atom is -0.387 e. The normalized spacial score (nSPS) is 13.1. The van der Waals surface area contributed by atoms with Crippen LogP contribution in [0.15, 0.2) is 35.2 Å². The molecule has 0 aromatic heterocycles. The van der Waals surface area contributed by atoms with Gasteiger partial charge in [-0.3, -0.25) is 0 Å². The van der Waals surface area contributed by atoms with Crippen molar-refractivity contribution in [1.29, 1.82) is 0 Å². The van der Waals surface area contributed by atoms with Crippen molar-refractivity contribution in [1.82, 2.24) is 4.72 Å². The minimum absolute atomic E-state index is 0.0583. The Morgan fingerprint density at radius 2 is 1.33 bits per heavy atom. The van der Waals surface area contributed by atoms with Gasteiger partial charge in [-0.2, -0.15) is 0 Å². The van der Waals surface area contributed by atoms with E-state index in [0.29, 0.717) is 10.5 Å². The molecule has 0 saturated carbocycles. The van der Waals surface area contributed by atoms with Crippen LogP contribution in [0.5, 0.6) is 0 Å². The summed E-state index contributed by atoms with van der Waals surface area (Å²) in [5.41, 5.74) is 5.30. The summed E-state index contributed by atoms with van der Waals surface area (Å²) in [6.45, 7) is 9.49. The van der Waals surface area contributed by atoms with Gasteiger partial charge in [-0.1, -0.05) is 30.3 Å². The Balaban J connectivity index is 2.32. The Morgan fingerprint density at radius 3 is 1.83 bits per heavy atom. The van der Waals surface area contributed by atoms with Gasteiger partial charge in [0.05, 0.1) is 11.0 Å². The molecule has 0 heterocycles. The predicted octanol–water partition coefficient (Wildman–Crippen LogP) is 3.24. The van der Waals surface area contributed by atoms with Crippen LogP contribution in [-0.2, 0) is 10.0 Å². The zero-order valence-electron chi connectivity index (χ0n) is 14.8. The molecule has 2 N–H and O–H groups in total. The van der Waals surface area contributed by atoms with Gasteiger partial charge in [0.2, 0.25) is 10.0 Å². The van der Waals surface area contributed by atoms with E-state index in [0.717, 1.165) is 27.8 Å². The van der Waals surface area contributed by atoms with Crippen molar-refractivity contribution in [2.45, 2.75) is 45.6 Å². The Labute approximate surface area is 144 Å². The fraction of sp³-hybridized carbons (Fsp3) is 0.368. The fourth-order valence-electron chi connectivity index (χ4n) is 2.92. The maximum Gasteiger partial charge on any atom is 0.241 e. The van der Waals surface area contributed by atoms with Crippen molar-refractivity contribution >= 4 is 10.0 Å². The zero-order chi connectivity index (χ0) is 18.1. The molecule has 5 heteroatoms. The van der Waals surface area contributed by atoms with Crippen molar-refractivity contribution in [3.8, 4) is 0 Å². The van der Waals surface area contributed by atoms with Gasteiger partial charge < -0.3 is 5.11 Å². The van der Waals surface area contributed by atoms with E-state index in [4.69, 9.17) is 0 Å². The summed E-state index contributed by atoms with van der Waals surface area (Å²) in [6, 6.07) is 9.03. The van der Waals surface area contributed by atoms with Crippen LogP contribution in [-0.4, -0.2) is 20.1 Å². The van der Waals surface area contributed by atoms with Crippen LogP contribution < -0.4 is 4.72 Å². The number of nitrogens with one attached hydrogen (secondary N) is 1. The summed E-state index contributed by atoms with van der Waals surface area (Å²) in [5.74, 6) is 0. The van der Waals surface area contributed by atoms with Gasteiger partial charge in [0.15, 0.2) is 0 Å². The van der Waals surface area contributed by atoms with Crippen molar-refractivity contribution in [3.05, 3.63) is 63.7 Å². The molecule has 0 radical (unpaired) electrons. The molecule has 130 valence electrons. The fourth-order valence-corrected chi connectivity index (χ4v) is 4.56. The molecule has 0 aliphatic rings. The lowest BCUT2D eigenvalue weighted by atomic mass is 9.95. The van der Waals surface area contributed by atoms with Crippen molar-refractivity contribution in [2.75, 3.05) is 6.54 Å². The molecule has 24 heavy (non-hydrogen) atoms. The molecule has 1 atom stereocenters. The van der Waals surface area contributed by atoms with E-state index in [-0.39, 0.29) is 6.54 Å². The molecular weight excluding hydrogens is 322 g/mol. The molecular formula is C19H25NO3S. The molecule has 0 fully saturated rings. The summed E-state index contributed by atoms with van der Waals surface area (Å²) in [5, 5.41) is 10.2. The molecule has 1 unspecified atom stereocenters. The highest BCUT2D eigenvalue weighted by molar-refractivity contribution is 7.89. The summed E-state index contributed by atoms with van der Waals surface area (Å²) in [7, 11) is -3.70. The highest BCUT2D eigenvalue weighted by Gasteiger charge is 2.24. The minimum atomic E-state index is -3.70. The van der Waals surface area contributed by atoms with Crippen molar-refractivity contribution < 1.29 is 13.5 Å². The zero-order valence-corrected chi connectivity index (χ0v) is 15.7. The highest BCUT2D eigenvalue weighted by atomic mass is 32.2. The first-order chi connectivity index (χ1) is 11.2. The van der Waals surface area contributed by atoms with E-state index in [9.17, 15) is 13.5 Å². The van der Waals surface area contributed by atoms with E-state index in [2.05, 4.69) is 4.72 Å². The molecule has 0 spiro atoms. The van der Waals surface area contributed by atoms with Gasteiger partial charge in [-0.25, -0.2) is 13.1 Å². The lowest BCUT2D eigenvalue weighted by molar-refractivity contribution is 0.182. The monoisotopic (exact) mass is 347 g/mol. The standard InChI is InChI=1S/C19H25NO3S/c1-12-13(2)15(4)19(16(5)14(12)3)24(22,23)20-11-18(21)17-9-7-6-8-10-17/h6-10,18,20-21H,11H2,1-5H3. The largest absolute Gasteiger partial charge is 0.387 e. The van der Waals surface area contributed by atoms with Crippen LogP contribution in [0.3, 0.4) is 0 Å². The Morgan fingerprint density at radius 1 is 0.875 bits per heavy atom. The third-order valence-electron chi connectivity index (χ3n) is 4.85. The lowest BCUT2D eigenvalue weighted by Gasteiger charge is -2.20. The average molecular weight is 347 g/mol. The topological polar surface area (TPSA) is 66.4 Å². The van der Waals surface area contributed by atoms with E-state index in [1.165, 1.54) is 0 Å². The van der Waals surface area contributed by atoms with E-state index in [1.54, 1.807) is 12.1 Å². The molecule has 2 aromatic carbocycles. The summed E-state index contributed by atoms with van der Waals surface area (Å²) < 4.78 is 28.2. The van der Waals surface area contributed by atoms with Crippen LogP contribution in [0.4, 0.5) is 0 Å². The summed E-state index contributed by atoms with van der Waals surface area (Å²) in [6.07, 6.45) is -0.880. The molecule has 0 bridgehead atoms. The van der Waals surface area contributed by atoms with Crippen LogP contribution >= 0.6 is 0 Å². The van der Waals surface area contributed by atoms with Gasteiger partial charge in [0.1, 0.15) is 0 Å². The van der Waals surface area contributed by atoms with Crippen LogP contribution in [0.2, 0.25) is 0 Å². The van der Waals surface area contributed by atoms with Crippen LogP contribution in [0, 0.1) is 34.6 Å². The first-order valence-electron chi connectivity index (χ1n) is 7.96. The maximum absolute atomic E-state index is 12.8. The second-order valence-electron chi connectivity index (χ2n) is 6.23. The summed E-state index contributed by atoms with van der Waals surface area (Å²) >= 11 is 0. The van der Waals surface area contributed by atoms with Crippen molar-refractivity contribution in [3.63, 3.8) is 0 Å². The van der Waals surface area contributed by atoms with E-state index >= 15 is 0 Å². The van der Waals surface area contributed by atoms with Gasteiger partial charge in [-0.15, -0.1) is 0 Å². The number of aliphatic hydroxyl groups excluding tert-OH is 1. The number of hydrogen-bond acceptors (Lipinski definition) is 3. The molecule has 4 nitrogen and oxygen atoms in total.